The highest BCUT2D eigenvalue weighted by molar-refractivity contribution is 7.91. The van der Waals surface area contributed by atoms with E-state index in [9.17, 15) is 18.3 Å². The van der Waals surface area contributed by atoms with Crippen molar-refractivity contribution in [2.24, 2.45) is 0 Å². The zero-order valence-electron chi connectivity index (χ0n) is 12.9. The summed E-state index contributed by atoms with van der Waals surface area (Å²) < 4.78 is 22.7. The molecule has 0 radical (unpaired) electrons. The van der Waals surface area contributed by atoms with Crippen LogP contribution in [0.1, 0.15) is 21.6 Å². The van der Waals surface area contributed by atoms with Crippen LogP contribution in [0.2, 0.25) is 0 Å². The van der Waals surface area contributed by atoms with Crippen molar-refractivity contribution in [2.45, 2.75) is 20.0 Å². The van der Waals surface area contributed by atoms with E-state index in [1.165, 1.54) is 0 Å². The molecular formula is C14H23N3O4S. The third-order valence-electron chi connectivity index (χ3n) is 3.91. The van der Waals surface area contributed by atoms with Crippen molar-refractivity contribution >= 4 is 15.7 Å². The van der Waals surface area contributed by atoms with E-state index in [1.807, 2.05) is 18.7 Å². The average molecular weight is 329 g/mol. The number of aryl methyl sites for hydroxylation is 2. The van der Waals surface area contributed by atoms with Gasteiger partial charge in [0.25, 0.3) is 5.91 Å². The molecule has 0 aromatic carbocycles. The predicted molar refractivity (Wildman–Crippen MR) is 83.7 cm³/mol. The number of aliphatic hydroxyl groups excluding tert-OH is 1. The normalized spacial score (nSPS) is 19.8. The van der Waals surface area contributed by atoms with Crippen molar-refractivity contribution in [1.82, 2.24) is 15.2 Å². The van der Waals surface area contributed by atoms with Crippen molar-refractivity contribution in [2.75, 3.05) is 37.7 Å². The molecule has 1 saturated heterocycles. The molecule has 0 spiro atoms. The van der Waals surface area contributed by atoms with Gasteiger partial charge in [0.2, 0.25) is 0 Å². The molecule has 1 aromatic rings. The van der Waals surface area contributed by atoms with Gasteiger partial charge in [-0.15, -0.1) is 0 Å². The fraction of sp³-hybridized carbons (Fsp3) is 0.643. The molecule has 7 nitrogen and oxygen atoms in total. The van der Waals surface area contributed by atoms with Gasteiger partial charge in [0.05, 0.1) is 23.2 Å². The molecule has 1 aromatic heterocycles. The van der Waals surface area contributed by atoms with Gasteiger partial charge < -0.3 is 15.4 Å². The van der Waals surface area contributed by atoms with Gasteiger partial charge in [-0.3, -0.25) is 9.69 Å². The van der Waals surface area contributed by atoms with Crippen LogP contribution in [0, 0.1) is 13.8 Å². The minimum atomic E-state index is -2.91. The quantitative estimate of drug-likeness (QED) is 0.673. The van der Waals surface area contributed by atoms with E-state index in [-0.39, 0.29) is 24.0 Å². The third-order valence-corrected chi connectivity index (χ3v) is 5.51. The van der Waals surface area contributed by atoms with Crippen LogP contribution in [0.4, 0.5) is 0 Å². The lowest BCUT2D eigenvalue weighted by atomic mass is 10.1. The summed E-state index contributed by atoms with van der Waals surface area (Å²) in [7, 11) is -2.91. The summed E-state index contributed by atoms with van der Waals surface area (Å²) in [5, 5.41) is 12.7. The van der Waals surface area contributed by atoms with Gasteiger partial charge in [0.15, 0.2) is 9.84 Å². The minimum Gasteiger partial charge on any atom is -0.390 e. The maximum atomic E-state index is 12.1. The molecule has 1 aliphatic heterocycles. The number of nitrogens with zero attached hydrogens (tertiary/aromatic N) is 1. The molecule has 0 bridgehead atoms. The van der Waals surface area contributed by atoms with E-state index < -0.39 is 15.9 Å². The Hall–Kier alpha value is -1.38. The van der Waals surface area contributed by atoms with E-state index in [0.29, 0.717) is 25.2 Å². The number of aromatic amines is 1. The first-order valence-electron chi connectivity index (χ1n) is 7.32. The highest BCUT2D eigenvalue weighted by atomic mass is 32.2. The van der Waals surface area contributed by atoms with Crippen LogP contribution in [-0.4, -0.2) is 73.1 Å². The fourth-order valence-electron chi connectivity index (χ4n) is 2.60. The molecule has 3 N–H and O–H groups in total. The maximum Gasteiger partial charge on any atom is 0.253 e. The summed E-state index contributed by atoms with van der Waals surface area (Å²) >= 11 is 0. The SMILES string of the molecule is Cc1c[nH]c(C)c1C(=O)NCC(O)CN1CCS(=O)(=O)CC1. The molecule has 2 heterocycles. The number of carbonyl (C=O) groups excluding carboxylic acids is 1. The van der Waals surface area contributed by atoms with E-state index in [4.69, 9.17) is 0 Å². The highest BCUT2D eigenvalue weighted by Gasteiger charge is 2.23. The Morgan fingerprint density at radius 1 is 1.41 bits per heavy atom. The molecule has 8 heteroatoms. The third kappa shape index (κ3) is 4.31. The first-order valence-corrected chi connectivity index (χ1v) is 9.14. The number of carbonyl (C=O) groups is 1. The van der Waals surface area contributed by atoms with Gasteiger partial charge in [-0.1, -0.05) is 0 Å². The fourth-order valence-corrected chi connectivity index (χ4v) is 3.88. The Morgan fingerprint density at radius 3 is 2.59 bits per heavy atom. The lowest BCUT2D eigenvalue weighted by Crippen LogP contribution is -2.46. The van der Waals surface area contributed by atoms with E-state index >= 15 is 0 Å². The zero-order valence-corrected chi connectivity index (χ0v) is 13.7. The standard InChI is InChI=1S/C14H23N3O4S/c1-10-7-15-11(2)13(10)14(19)16-8-12(18)9-17-3-5-22(20,21)6-4-17/h7,12,15,18H,3-6,8-9H2,1-2H3,(H,16,19). The molecule has 1 amide bonds. The molecular weight excluding hydrogens is 306 g/mol. The van der Waals surface area contributed by atoms with Crippen molar-refractivity contribution < 1.29 is 18.3 Å². The van der Waals surface area contributed by atoms with Crippen LogP contribution < -0.4 is 5.32 Å². The van der Waals surface area contributed by atoms with Gasteiger partial charge in [-0.05, 0) is 19.4 Å². The largest absolute Gasteiger partial charge is 0.390 e. The molecule has 1 aliphatic rings. The molecule has 22 heavy (non-hydrogen) atoms. The second kappa shape index (κ2) is 6.80. The molecule has 1 unspecified atom stereocenters. The lowest BCUT2D eigenvalue weighted by molar-refractivity contribution is 0.0867. The number of hydrogen-bond donors (Lipinski definition) is 3. The number of aliphatic hydroxyl groups is 1. The lowest BCUT2D eigenvalue weighted by Gasteiger charge is -2.28. The first kappa shape index (κ1) is 17.0. The summed E-state index contributed by atoms with van der Waals surface area (Å²) in [6, 6.07) is 0. The number of aromatic nitrogens is 1. The van der Waals surface area contributed by atoms with Crippen molar-refractivity contribution in [3.8, 4) is 0 Å². The molecule has 0 aliphatic carbocycles. The zero-order chi connectivity index (χ0) is 16.3. The first-order chi connectivity index (χ1) is 10.3. The molecule has 1 fully saturated rings. The average Bonchev–Trinajstić information content (AvgIpc) is 2.78. The number of hydrogen-bond acceptors (Lipinski definition) is 5. The van der Waals surface area contributed by atoms with Crippen LogP contribution >= 0.6 is 0 Å². The monoisotopic (exact) mass is 329 g/mol. The molecule has 1 atom stereocenters. The molecule has 124 valence electrons. The van der Waals surface area contributed by atoms with Crippen molar-refractivity contribution in [3.63, 3.8) is 0 Å². The molecule has 0 saturated carbocycles. The summed E-state index contributed by atoms with van der Waals surface area (Å²) in [6.07, 6.45) is 1.05. The van der Waals surface area contributed by atoms with Crippen LogP contribution in [0.3, 0.4) is 0 Å². The Kier molecular flexibility index (Phi) is 5.25. The van der Waals surface area contributed by atoms with Gasteiger partial charge in [0.1, 0.15) is 0 Å². The summed E-state index contributed by atoms with van der Waals surface area (Å²) in [4.78, 5) is 17.0. The predicted octanol–water partition coefficient (Wildman–Crippen LogP) is -0.547. The van der Waals surface area contributed by atoms with Gasteiger partial charge in [-0.25, -0.2) is 8.42 Å². The number of amides is 1. The van der Waals surface area contributed by atoms with Gasteiger partial charge >= 0.3 is 0 Å². The number of H-pyrrole nitrogens is 1. The van der Waals surface area contributed by atoms with Gasteiger partial charge in [0, 0.05) is 38.1 Å². The Morgan fingerprint density at radius 2 is 2.05 bits per heavy atom. The number of sulfone groups is 1. The highest BCUT2D eigenvalue weighted by Crippen LogP contribution is 2.11. The smallest absolute Gasteiger partial charge is 0.253 e. The van der Waals surface area contributed by atoms with Crippen LogP contribution in [0.25, 0.3) is 0 Å². The number of nitrogens with one attached hydrogen (secondary N) is 2. The van der Waals surface area contributed by atoms with Crippen LogP contribution in [-0.2, 0) is 9.84 Å². The van der Waals surface area contributed by atoms with Crippen molar-refractivity contribution in [3.05, 3.63) is 23.0 Å². The van der Waals surface area contributed by atoms with E-state index in [0.717, 1.165) is 11.3 Å². The Labute approximate surface area is 130 Å². The van der Waals surface area contributed by atoms with Crippen LogP contribution in [0.5, 0.6) is 0 Å². The summed E-state index contributed by atoms with van der Waals surface area (Å²) in [5.74, 6) is 0.0540. The second-order valence-corrected chi connectivity index (χ2v) is 8.09. The van der Waals surface area contributed by atoms with E-state index in [2.05, 4.69) is 10.3 Å². The topological polar surface area (TPSA) is 102 Å². The van der Waals surface area contributed by atoms with Crippen LogP contribution in [0.15, 0.2) is 6.20 Å². The minimum absolute atomic E-state index is 0.133. The maximum absolute atomic E-state index is 12.1. The molecule has 2 rings (SSSR count). The number of rotatable bonds is 5. The Balaban J connectivity index is 1.78. The van der Waals surface area contributed by atoms with Gasteiger partial charge in [-0.2, -0.15) is 0 Å². The summed E-state index contributed by atoms with van der Waals surface area (Å²) in [6.45, 7) is 5.05. The Bertz CT molecular complexity index is 605. The second-order valence-electron chi connectivity index (χ2n) is 5.79. The van der Waals surface area contributed by atoms with E-state index in [1.54, 1.807) is 6.20 Å². The van der Waals surface area contributed by atoms with Crippen molar-refractivity contribution in [1.29, 1.82) is 0 Å². The number of β-amino-alcohol motifs (C(OH)–C–C–N with tert-alkyl or cyclic N) is 1. The summed E-state index contributed by atoms with van der Waals surface area (Å²) in [5.41, 5.74) is 2.27.